The SMILES string of the molecule is CN(C(=O)c1nn(C)c2ccccc12)C1CCNCC1. The lowest BCUT2D eigenvalue weighted by Gasteiger charge is -2.31. The van der Waals surface area contributed by atoms with Crippen LogP contribution in [0.1, 0.15) is 23.3 Å². The zero-order valence-corrected chi connectivity index (χ0v) is 12.0. The zero-order valence-electron chi connectivity index (χ0n) is 12.0. The fraction of sp³-hybridized carbons (Fsp3) is 0.467. The van der Waals surface area contributed by atoms with Crippen LogP contribution in [0.2, 0.25) is 0 Å². The van der Waals surface area contributed by atoms with E-state index in [0.29, 0.717) is 11.7 Å². The van der Waals surface area contributed by atoms with E-state index in [1.807, 2.05) is 43.3 Å². The van der Waals surface area contributed by atoms with Gasteiger partial charge in [0, 0.05) is 25.5 Å². The topological polar surface area (TPSA) is 50.2 Å². The molecule has 106 valence electrons. The first-order valence-corrected chi connectivity index (χ1v) is 7.08. The van der Waals surface area contributed by atoms with Crippen LogP contribution in [0.15, 0.2) is 24.3 Å². The Kier molecular flexibility index (Phi) is 3.44. The second-order valence-corrected chi connectivity index (χ2v) is 5.39. The van der Waals surface area contributed by atoms with E-state index in [4.69, 9.17) is 0 Å². The maximum absolute atomic E-state index is 12.7. The summed E-state index contributed by atoms with van der Waals surface area (Å²) in [7, 11) is 3.77. The Hall–Kier alpha value is -1.88. The Labute approximate surface area is 118 Å². The van der Waals surface area contributed by atoms with Crippen molar-refractivity contribution in [1.29, 1.82) is 0 Å². The van der Waals surface area contributed by atoms with Gasteiger partial charge >= 0.3 is 0 Å². The number of hydrogen-bond acceptors (Lipinski definition) is 3. The number of nitrogens with zero attached hydrogens (tertiary/aromatic N) is 3. The fourth-order valence-electron chi connectivity index (χ4n) is 2.90. The Morgan fingerprint density at radius 1 is 1.35 bits per heavy atom. The standard InChI is InChI=1S/C15H20N4O/c1-18(11-7-9-16-10-8-11)15(20)14-12-5-3-4-6-13(12)19(2)17-14/h3-6,11,16H,7-10H2,1-2H3. The molecule has 1 amide bonds. The second-order valence-electron chi connectivity index (χ2n) is 5.39. The van der Waals surface area contributed by atoms with Gasteiger partial charge in [0.05, 0.1) is 5.52 Å². The molecule has 0 aliphatic carbocycles. The van der Waals surface area contributed by atoms with Crippen molar-refractivity contribution in [3.8, 4) is 0 Å². The van der Waals surface area contributed by atoms with E-state index >= 15 is 0 Å². The maximum Gasteiger partial charge on any atom is 0.274 e. The lowest BCUT2D eigenvalue weighted by Crippen LogP contribution is -2.44. The average Bonchev–Trinajstić information content (AvgIpc) is 2.84. The summed E-state index contributed by atoms with van der Waals surface area (Å²) >= 11 is 0. The molecule has 0 saturated carbocycles. The number of aryl methyl sites for hydroxylation is 1. The molecule has 0 spiro atoms. The molecule has 5 nitrogen and oxygen atoms in total. The van der Waals surface area contributed by atoms with Crippen molar-refractivity contribution in [2.75, 3.05) is 20.1 Å². The van der Waals surface area contributed by atoms with E-state index in [2.05, 4.69) is 10.4 Å². The molecule has 3 rings (SSSR count). The monoisotopic (exact) mass is 272 g/mol. The predicted octanol–water partition coefficient (Wildman–Crippen LogP) is 1.40. The first kappa shape index (κ1) is 13.1. The molecule has 1 aromatic heterocycles. The van der Waals surface area contributed by atoms with Crippen molar-refractivity contribution in [3.63, 3.8) is 0 Å². The van der Waals surface area contributed by atoms with Gasteiger partial charge in [-0.2, -0.15) is 5.10 Å². The number of aromatic nitrogens is 2. The molecule has 1 fully saturated rings. The van der Waals surface area contributed by atoms with E-state index in [1.54, 1.807) is 4.68 Å². The van der Waals surface area contributed by atoms with Gasteiger partial charge in [0.2, 0.25) is 0 Å². The quantitative estimate of drug-likeness (QED) is 0.899. The third-order valence-corrected chi connectivity index (χ3v) is 4.14. The summed E-state index contributed by atoms with van der Waals surface area (Å²) in [6.07, 6.45) is 2.01. The van der Waals surface area contributed by atoms with E-state index in [-0.39, 0.29) is 5.91 Å². The van der Waals surface area contributed by atoms with Gasteiger partial charge in [-0.05, 0) is 32.0 Å². The van der Waals surface area contributed by atoms with E-state index < -0.39 is 0 Å². The summed E-state index contributed by atoms with van der Waals surface area (Å²) in [6.45, 7) is 1.95. The predicted molar refractivity (Wildman–Crippen MR) is 78.7 cm³/mol. The lowest BCUT2D eigenvalue weighted by atomic mass is 10.0. The summed E-state index contributed by atoms with van der Waals surface area (Å²) < 4.78 is 1.78. The highest BCUT2D eigenvalue weighted by Gasteiger charge is 2.26. The molecule has 1 N–H and O–H groups in total. The minimum atomic E-state index is 0.0219. The molecule has 0 atom stereocenters. The molecule has 2 heterocycles. The molecule has 2 aromatic rings. The Morgan fingerprint density at radius 2 is 2.05 bits per heavy atom. The number of fused-ring (bicyclic) bond motifs is 1. The summed E-state index contributed by atoms with van der Waals surface area (Å²) in [6, 6.07) is 8.18. The number of benzene rings is 1. The number of hydrogen-bond donors (Lipinski definition) is 1. The van der Waals surface area contributed by atoms with Crippen molar-refractivity contribution in [3.05, 3.63) is 30.0 Å². The van der Waals surface area contributed by atoms with Crippen LogP contribution >= 0.6 is 0 Å². The highest BCUT2D eigenvalue weighted by molar-refractivity contribution is 6.04. The van der Waals surface area contributed by atoms with Gasteiger partial charge in [0.1, 0.15) is 0 Å². The number of para-hydroxylation sites is 1. The second kappa shape index (κ2) is 5.25. The zero-order chi connectivity index (χ0) is 14.1. The maximum atomic E-state index is 12.7. The summed E-state index contributed by atoms with van der Waals surface area (Å²) in [5, 5.41) is 8.67. The number of carbonyl (C=O) groups is 1. The van der Waals surface area contributed by atoms with Crippen LogP contribution in [-0.2, 0) is 7.05 Å². The molecular formula is C15H20N4O. The summed E-state index contributed by atoms with van der Waals surface area (Å²) in [5.41, 5.74) is 1.55. The average molecular weight is 272 g/mol. The van der Waals surface area contributed by atoms with Gasteiger partial charge in [0.15, 0.2) is 5.69 Å². The minimum Gasteiger partial charge on any atom is -0.337 e. The minimum absolute atomic E-state index is 0.0219. The van der Waals surface area contributed by atoms with Gasteiger partial charge in [0.25, 0.3) is 5.91 Å². The largest absolute Gasteiger partial charge is 0.337 e. The van der Waals surface area contributed by atoms with Crippen molar-refractivity contribution in [2.45, 2.75) is 18.9 Å². The van der Waals surface area contributed by atoms with Crippen LogP contribution in [0, 0.1) is 0 Å². The molecule has 0 unspecified atom stereocenters. The molecule has 1 aromatic carbocycles. The third-order valence-electron chi connectivity index (χ3n) is 4.14. The van der Waals surface area contributed by atoms with Crippen LogP contribution in [-0.4, -0.2) is 46.8 Å². The van der Waals surface area contributed by atoms with Crippen LogP contribution < -0.4 is 5.32 Å². The van der Waals surface area contributed by atoms with Crippen molar-refractivity contribution >= 4 is 16.8 Å². The smallest absolute Gasteiger partial charge is 0.274 e. The number of nitrogens with one attached hydrogen (secondary N) is 1. The molecule has 0 bridgehead atoms. The van der Waals surface area contributed by atoms with Crippen LogP contribution in [0.4, 0.5) is 0 Å². The third kappa shape index (κ3) is 2.18. The first-order chi connectivity index (χ1) is 9.68. The van der Waals surface area contributed by atoms with E-state index in [9.17, 15) is 4.79 Å². The highest BCUT2D eigenvalue weighted by Crippen LogP contribution is 2.20. The van der Waals surface area contributed by atoms with Crippen LogP contribution in [0.25, 0.3) is 10.9 Å². The summed E-state index contributed by atoms with van der Waals surface area (Å²) in [5.74, 6) is 0.0219. The number of piperidine rings is 1. The molecular weight excluding hydrogens is 252 g/mol. The van der Waals surface area contributed by atoms with Crippen molar-refractivity contribution < 1.29 is 4.79 Å². The Bertz CT molecular complexity index is 628. The summed E-state index contributed by atoms with van der Waals surface area (Å²) in [4.78, 5) is 14.6. The van der Waals surface area contributed by atoms with Crippen LogP contribution in [0.5, 0.6) is 0 Å². The van der Waals surface area contributed by atoms with Crippen LogP contribution in [0.3, 0.4) is 0 Å². The van der Waals surface area contributed by atoms with E-state index in [1.165, 1.54) is 0 Å². The number of rotatable bonds is 2. The normalized spacial score (nSPS) is 16.5. The molecule has 1 saturated heterocycles. The van der Waals surface area contributed by atoms with Crippen molar-refractivity contribution in [2.24, 2.45) is 7.05 Å². The Balaban J connectivity index is 1.92. The molecule has 1 aliphatic heterocycles. The van der Waals surface area contributed by atoms with Gasteiger partial charge in [-0.3, -0.25) is 9.48 Å². The van der Waals surface area contributed by atoms with E-state index in [0.717, 1.165) is 36.8 Å². The first-order valence-electron chi connectivity index (χ1n) is 7.08. The lowest BCUT2D eigenvalue weighted by molar-refractivity contribution is 0.0698. The van der Waals surface area contributed by atoms with Crippen molar-refractivity contribution in [1.82, 2.24) is 20.0 Å². The molecule has 0 radical (unpaired) electrons. The molecule has 5 heteroatoms. The number of amides is 1. The van der Waals surface area contributed by atoms with Gasteiger partial charge < -0.3 is 10.2 Å². The molecule has 1 aliphatic rings. The highest BCUT2D eigenvalue weighted by atomic mass is 16.2. The van der Waals surface area contributed by atoms with Gasteiger partial charge in [-0.1, -0.05) is 18.2 Å². The Morgan fingerprint density at radius 3 is 2.80 bits per heavy atom. The van der Waals surface area contributed by atoms with Gasteiger partial charge in [-0.25, -0.2) is 0 Å². The van der Waals surface area contributed by atoms with Gasteiger partial charge in [-0.15, -0.1) is 0 Å². The fourth-order valence-corrected chi connectivity index (χ4v) is 2.90. The number of carbonyl (C=O) groups excluding carboxylic acids is 1. The molecule has 20 heavy (non-hydrogen) atoms.